The lowest BCUT2D eigenvalue weighted by Gasteiger charge is -2.18. The highest BCUT2D eigenvalue weighted by atomic mass is 16.6. The monoisotopic (exact) mass is 1130 g/mol. The lowest BCUT2D eigenvalue weighted by atomic mass is 10.0. The van der Waals surface area contributed by atoms with E-state index in [4.69, 9.17) is 14.2 Å². The van der Waals surface area contributed by atoms with E-state index in [1.165, 1.54) is 308 Å². The molecular weight excluding hydrogens is 985 g/mol. The summed E-state index contributed by atoms with van der Waals surface area (Å²) in [5.74, 6) is -0.828. The average molecular weight is 1130 g/mol. The summed E-state index contributed by atoms with van der Waals surface area (Å²) in [6.45, 7) is 6.71. The predicted octanol–water partition coefficient (Wildman–Crippen LogP) is 25.0. The van der Waals surface area contributed by atoms with Gasteiger partial charge in [-0.25, -0.2) is 0 Å². The molecule has 1 atom stereocenters. The van der Waals surface area contributed by atoms with Crippen molar-refractivity contribution in [2.24, 2.45) is 0 Å². The van der Waals surface area contributed by atoms with E-state index >= 15 is 0 Å². The summed E-state index contributed by atoms with van der Waals surface area (Å²) in [5.41, 5.74) is 0. The maximum atomic E-state index is 12.9. The van der Waals surface area contributed by atoms with Crippen molar-refractivity contribution >= 4 is 17.9 Å². The molecule has 0 saturated heterocycles. The first-order valence-electron chi connectivity index (χ1n) is 36.3. The summed E-state index contributed by atoms with van der Waals surface area (Å²) in [7, 11) is 0. The van der Waals surface area contributed by atoms with Crippen molar-refractivity contribution in [1.29, 1.82) is 0 Å². The smallest absolute Gasteiger partial charge is 0.306 e. The minimum absolute atomic E-state index is 0.0633. The molecular formula is C74H140O6. The van der Waals surface area contributed by atoms with Crippen molar-refractivity contribution in [1.82, 2.24) is 0 Å². The first-order chi connectivity index (χ1) is 39.5. The molecule has 0 saturated carbocycles. The summed E-state index contributed by atoms with van der Waals surface area (Å²) in [4.78, 5) is 38.4. The number of hydrogen-bond donors (Lipinski definition) is 0. The first-order valence-corrected chi connectivity index (χ1v) is 36.3. The van der Waals surface area contributed by atoms with Gasteiger partial charge in [0.2, 0.25) is 0 Å². The molecule has 1 unspecified atom stereocenters. The van der Waals surface area contributed by atoms with E-state index in [0.29, 0.717) is 19.3 Å². The van der Waals surface area contributed by atoms with Crippen LogP contribution in [0.4, 0.5) is 0 Å². The Labute approximate surface area is 500 Å². The average Bonchev–Trinajstić information content (AvgIpc) is 3.46. The molecule has 0 bridgehead atoms. The quantitative estimate of drug-likeness (QED) is 0.0261. The lowest BCUT2D eigenvalue weighted by molar-refractivity contribution is -0.167. The van der Waals surface area contributed by atoms with Gasteiger partial charge in [0, 0.05) is 19.3 Å². The maximum Gasteiger partial charge on any atom is 0.306 e. The molecule has 0 amide bonds. The van der Waals surface area contributed by atoms with Crippen molar-refractivity contribution in [2.45, 2.75) is 419 Å². The first kappa shape index (κ1) is 77.9. The fourth-order valence-corrected chi connectivity index (χ4v) is 11.2. The third-order valence-corrected chi connectivity index (χ3v) is 16.7. The second kappa shape index (κ2) is 69.4. The number of ether oxygens (including phenoxy) is 3. The van der Waals surface area contributed by atoms with Crippen LogP contribution in [0.2, 0.25) is 0 Å². The Morgan fingerprint density at radius 2 is 0.450 bits per heavy atom. The zero-order valence-corrected chi connectivity index (χ0v) is 54.4. The van der Waals surface area contributed by atoms with Gasteiger partial charge in [-0.3, -0.25) is 14.4 Å². The van der Waals surface area contributed by atoms with Crippen molar-refractivity contribution < 1.29 is 28.6 Å². The highest BCUT2D eigenvalue weighted by Crippen LogP contribution is 2.19. The van der Waals surface area contributed by atoms with Crippen LogP contribution in [0, 0.1) is 0 Å². The van der Waals surface area contributed by atoms with Gasteiger partial charge >= 0.3 is 17.9 Å². The van der Waals surface area contributed by atoms with Gasteiger partial charge in [-0.1, -0.05) is 366 Å². The van der Waals surface area contributed by atoms with E-state index in [1.807, 2.05) is 0 Å². The molecule has 0 aliphatic rings. The van der Waals surface area contributed by atoms with Gasteiger partial charge in [-0.05, 0) is 51.4 Å². The van der Waals surface area contributed by atoms with Crippen molar-refractivity contribution in [3.63, 3.8) is 0 Å². The van der Waals surface area contributed by atoms with Crippen molar-refractivity contribution in [3.8, 4) is 0 Å². The van der Waals surface area contributed by atoms with Crippen LogP contribution in [0.3, 0.4) is 0 Å². The summed E-state index contributed by atoms with van der Waals surface area (Å²) in [6.07, 6.45) is 85.0. The second-order valence-corrected chi connectivity index (χ2v) is 24.9. The third-order valence-electron chi connectivity index (χ3n) is 16.7. The maximum absolute atomic E-state index is 12.9. The molecule has 0 aromatic carbocycles. The van der Waals surface area contributed by atoms with Crippen LogP contribution in [0.1, 0.15) is 412 Å². The summed E-state index contributed by atoms with van der Waals surface area (Å²) in [5, 5.41) is 0. The molecule has 0 fully saturated rings. The van der Waals surface area contributed by atoms with Gasteiger partial charge in [-0.15, -0.1) is 0 Å². The Kier molecular flexibility index (Phi) is 67.6. The number of unbranched alkanes of at least 4 members (excludes halogenated alkanes) is 53. The zero-order valence-electron chi connectivity index (χ0n) is 54.4. The Morgan fingerprint density at radius 3 is 0.688 bits per heavy atom. The number of esters is 3. The Bertz CT molecular complexity index is 1290. The van der Waals surface area contributed by atoms with Crippen LogP contribution in [-0.4, -0.2) is 37.2 Å². The summed E-state index contributed by atoms with van der Waals surface area (Å²) < 4.78 is 17.0. The van der Waals surface area contributed by atoms with Crippen LogP contribution in [-0.2, 0) is 28.6 Å². The SMILES string of the molecule is CCCCCCC/C=C\C/C=C\CCCCCCCCCCCCCCCCCCCC(=O)OCC(COC(=O)CCCCCCCCCCCCCC)OC(=O)CCCCCCCCCCCCCCCCCCCCCCC. The van der Waals surface area contributed by atoms with Gasteiger partial charge in [0.1, 0.15) is 13.2 Å². The standard InChI is InChI=1S/C74H140O6/c1-4-7-10-13-16-19-22-25-27-29-31-33-34-35-36-37-38-39-40-42-43-45-47-49-52-55-58-61-64-67-73(76)79-70-71(69-78-72(75)66-63-60-57-54-51-24-21-18-15-12-9-6-3)80-74(77)68-65-62-59-56-53-50-48-46-44-41-32-30-28-26-23-20-17-14-11-8-5-2/h22,25,29,31,71H,4-21,23-24,26-28,30,32-70H2,1-3H3/b25-22-,31-29-. The number of hydrogen-bond acceptors (Lipinski definition) is 6. The number of rotatable bonds is 68. The van der Waals surface area contributed by atoms with Crippen LogP contribution < -0.4 is 0 Å². The van der Waals surface area contributed by atoms with Gasteiger partial charge < -0.3 is 14.2 Å². The minimum Gasteiger partial charge on any atom is -0.462 e. The van der Waals surface area contributed by atoms with E-state index < -0.39 is 6.10 Å². The molecule has 80 heavy (non-hydrogen) atoms. The summed E-state index contributed by atoms with van der Waals surface area (Å²) >= 11 is 0. The Hall–Kier alpha value is -2.11. The second-order valence-electron chi connectivity index (χ2n) is 24.9. The van der Waals surface area contributed by atoms with Gasteiger partial charge in [0.15, 0.2) is 6.10 Å². The molecule has 6 heteroatoms. The third kappa shape index (κ3) is 66.7. The molecule has 0 aromatic heterocycles. The highest BCUT2D eigenvalue weighted by molar-refractivity contribution is 5.71. The predicted molar refractivity (Wildman–Crippen MR) is 349 cm³/mol. The normalized spacial score (nSPS) is 12.1. The fraction of sp³-hybridized carbons (Fsp3) is 0.905. The number of carbonyl (C=O) groups is 3. The van der Waals surface area contributed by atoms with Crippen LogP contribution in [0.15, 0.2) is 24.3 Å². The Balaban J connectivity index is 4.15. The molecule has 6 nitrogen and oxygen atoms in total. The van der Waals surface area contributed by atoms with Crippen LogP contribution >= 0.6 is 0 Å². The zero-order chi connectivity index (χ0) is 57.8. The molecule has 0 radical (unpaired) electrons. The molecule has 0 spiro atoms. The molecule has 0 heterocycles. The molecule has 0 N–H and O–H groups in total. The van der Waals surface area contributed by atoms with Gasteiger partial charge in [0.05, 0.1) is 0 Å². The van der Waals surface area contributed by atoms with E-state index in [2.05, 4.69) is 45.1 Å². The summed E-state index contributed by atoms with van der Waals surface area (Å²) in [6, 6.07) is 0. The fourth-order valence-electron chi connectivity index (χ4n) is 11.2. The topological polar surface area (TPSA) is 78.9 Å². The Morgan fingerprint density at radius 1 is 0.250 bits per heavy atom. The van der Waals surface area contributed by atoms with Crippen molar-refractivity contribution in [2.75, 3.05) is 13.2 Å². The van der Waals surface area contributed by atoms with Crippen LogP contribution in [0.5, 0.6) is 0 Å². The molecule has 472 valence electrons. The number of allylic oxidation sites excluding steroid dienone is 4. The van der Waals surface area contributed by atoms with Gasteiger partial charge in [-0.2, -0.15) is 0 Å². The lowest BCUT2D eigenvalue weighted by Crippen LogP contribution is -2.30. The van der Waals surface area contributed by atoms with Gasteiger partial charge in [0.25, 0.3) is 0 Å². The van der Waals surface area contributed by atoms with E-state index in [1.54, 1.807) is 0 Å². The number of carbonyl (C=O) groups excluding carboxylic acids is 3. The van der Waals surface area contributed by atoms with Crippen LogP contribution in [0.25, 0.3) is 0 Å². The van der Waals surface area contributed by atoms with E-state index in [9.17, 15) is 14.4 Å². The molecule has 0 aromatic rings. The minimum atomic E-state index is -0.766. The largest absolute Gasteiger partial charge is 0.462 e. The van der Waals surface area contributed by atoms with E-state index in [0.717, 1.165) is 64.2 Å². The van der Waals surface area contributed by atoms with E-state index in [-0.39, 0.29) is 31.1 Å². The van der Waals surface area contributed by atoms with Crippen molar-refractivity contribution in [3.05, 3.63) is 24.3 Å². The molecule has 0 aliphatic heterocycles. The molecule has 0 aliphatic carbocycles. The highest BCUT2D eigenvalue weighted by Gasteiger charge is 2.19. The molecule has 0 rings (SSSR count).